The molecule has 1 amide bonds. The van der Waals surface area contributed by atoms with Crippen LogP contribution in [0.1, 0.15) is 50.9 Å². The van der Waals surface area contributed by atoms with Crippen LogP contribution in [0, 0.1) is 0 Å². The van der Waals surface area contributed by atoms with Crippen molar-refractivity contribution in [2.45, 2.75) is 63.5 Å². The third kappa shape index (κ3) is 3.53. The van der Waals surface area contributed by atoms with E-state index in [1.54, 1.807) is 20.8 Å². The van der Waals surface area contributed by atoms with Gasteiger partial charge in [-0.1, -0.05) is 0 Å². The molecule has 150 valence electrons. The van der Waals surface area contributed by atoms with Crippen molar-refractivity contribution in [3.63, 3.8) is 0 Å². The molecule has 0 spiro atoms. The number of halogens is 5. The molecule has 0 saturated carbocycles. The summed E-state index contributed by atoms with van der Waals surface area (Å²) in [6.07, 6.45) is -4.85. The molecule has 3 heterocycles. The van der Waals surface area contributed by atoms with Gasteiger partial charge in [-0.05, 0) is 33.6 Å². The minimum absolute atomic E-state index is 0.116. The van der Waals surface area contributed by atoms with Crippen molar-refractivity contribution in [3.8, 4) is 5.75 Å². The maximum Gasteiger partial charge on any atom is 0.459 e. The Labute approximate surface area is 152 Å². The highest BCUT2D eigenvalue weighted by Crippen LogP contribution is 2.48. The van der Waals surface area contributed by atoms with Crippen LogP contribution in [-0.4, -0.2) is 40.4 Å². The third-order valence-corrected chi connectivity index (χ3v) is 4.37. The lowest BCUT2D eigenvalue weighted by Gasteiger charge is -2.37. The predicted molar refractivity (Wildman–Crippen MR) is 83.5 cm³/mol. The molecular weight excluding hydrogens is 375 g/mol. The van der Waals surface area contributed by atoms with Crippen LogP contribution in [0.4, 0.5) is 26.7 Å². The van der Waals surface area contributed by atoms with Gasteiger partial charge in [0.05, 0.1) is 0 Å². The van der Waals surface area contributed by atoms with Gasteiger partial charge in [-0.3, -0.25) is 9.88 Å². The fourth-order valence-corrected chi connectivity index (χ4v) is 3.23. The number of piperidine rings is 1. The molecule has 0 aromatic carbocycles. The predicted octanol–water partition coefficient (Wildman–Crippen LogP) is 4.57. The molecule has 0 N–H and O–H groups in total. The van der Waals surface area contributed by atoms with Crippen molar-refractivity contribution >= 4 is 6.09 Å². The Morgan fingerprint density at radius 3 is 2.52 bits per heavy atom. The van der Waals surface area contributed by atoms with Crippen LogP contribution in [0.25, 0.3) is 0 Å². The van der Waals surface area contributed by atoms with Gasteiger partial charge >= 0.3 is 18.2 Å². The van der Waals surface area contributed by atoms with Gasteiger partial charge in [-0.2, -0.15) is 22.0 Å². The summed E-state index contributed by atoms with van der Waals surface area (Å²) in [5.74, 6) is -5.21. The molecule has 0 unspecified atom stereocenters. The summed E-state index contributed by atoms with van der Waals surface area (Å²) in [4.78, 5) is 17.2. The molecule has 2 aliphatic heterocycles. The largest absolute Gasteiger partial charge is 0.487 e. The van der Waals surface area contributed by atoms with Crippen LogP contribution in [-0.2, 0) is 10.7 Å². The number of alkyl halides is 5. The van der Waals surface area contributed by atoms with Gasteiger partial charge in [0.1, 0.15) is 29.2 Å². The molecule has 2 atom stereocenters. The first-order valence-electron chi connectivity index (χ1n) is 8.42. The topological polar surface area (TPSA) is 51.7 Å². The van der Waals surface area contributed by atoms with E-state index in [0.29, 0.717) is 31.0 Å². The number of aromatic nitrogens is 1. The zero-order chi connectivity index (χ0) is 20.2. The maximum atomic E-state index is 13.6. The van der Waals surface area contributed by atoms with E-state index in [4.69, 9.17) is 9.47 Å². The first-order chi connectivity index (χ1) is 12.3. The summed E-state index contributed by atoms with van der Waals surface area (Å²) in [6.45, 7) is 5.48. The summed E-state index contributed by atoms with van der Waals surface area (Å²) in [7, 11) is 0. The molecule has 1 aromatic heterocycles. The second kappa shape index (κ2) is 6.20. The quantitative estimate of drug-likeness (QED) is 0.655. The highest BCUT2D eigenvalue weighted by Gasteiger charge is 2.60. The summed E-state index contributed by atoms with van der Waals surface area (Å²) in [5.41, 5.74) is -1.87. The van der Waals surface area contributed by atoms with Crippen LogP contribution in [0.5, 0.6) is 5.75 Å². The molecule has 5 nitrogen and oxygen atoms in total. The first kappa shape index (κ1) is 19.6. The molecule has 1 saturated heterocycles. The van der Waals surface area contributed by atoms with Gasteiger partial charge < -0.3 is 9.47 Å². The zero-order valence-electron chi connectivity index (χ0n) is 14.9. The second-order valence-corrected chi connectivity index (χ2v) is 7.60. The summed E-state index contributed by atoms with van der Waals surface area (Å²) >= 11 is 0. The van der Waals surface area contributed by atoms with Crippen LogP contribution < -0.4 is 4.74 Å². The Bertz CT molecular complexity index is 745. The number of fused-ring (bicyclic) bond motifs is 3. The monoisotopic (exact) mass is 394 g/mol. The van der Waals surface area contributed by atoms with E-state index in [0.717, 1.165) is 6.20 Å². The van der Waals surface area contributed by atoms with E-state index in [2.05, 4.69) is 4.98 Å². The van der Waals surface area contributed by atoms with Crippen molar-refractivity contribution in [2.75, 3.05) is 6.54 Å². The van der Waals surface area contributed by atoms with Gasteiger partial charge in [0, 0.05) is 24.4 Å². The van der Waals surface area contributed by atoms with E-state index < -0.39 is 41.6 Å². The lowest BCUT2D eigenvalue weighted by atomic mass is 9.95. The van der Waals surface area contributed by atoms with Gasteiger partial charge in [-0.15, -0.1) is 0 Å². The Hall–Kier alpha value is -2.13. The van der Waals surface area contributed by atoms with E-state index in [9.17, 15) is 26.7 Å². The first-order valence-corrected chi connectivity index (χ1v) is 8.42. The maximum absolute atomic E-state index is 13.6. The number of carbonyl (C=O) groups excluding carboxylic acids is 1. The molecule has 10 heteroatoms. The standard InChI is InChI=1S/C17H19F5N2O3/c1-15(2,3)27-14(25)24-6-4-5-10-13(24)9-8-23-12(7-11(9)26-10)16(18,19)17(20,21)22/h7-8,10,13H,4-6H2,1-3H3/t10-,13-/m0/s1. The van der Waals surface area contributed by atoms with Crippen LogP contribution in [0.2, 0.25) is 0 Å². The van der Waals surface area contributed by atoms with E-state index in [1.807, 2.05) is 0 Å². The highest BCUT2D eigenvalue weighted by atomic mass is 19.4. The third-order valence-electron chi connectivity index (χ3n) is 4.37. The molecular formula is C17H19F5N2O3. The van der Waals surface area contributed by atoms with Crippen molar-refractivity contribution in [1.82, 2.24) is 9.88 Å². The second-order valence-electron chi connectivity index (χ2n) is 7.60. The number of ether oxygens (including phenoxy) is 2. The number of hydrogen-bond donors (Lipinski definition) is 0. The lowest BCUT2D eigenvalue weighted by molar-refractivity contribution is -0.291. The fourth-order valence-electron chi connectivity index (χ4n) is 3.23. The Balaban J connectivity index is 1.93. The molecule has 2 aliphatic rings. The van der Waals surface area contributed by atoms with Gasteiger partial charge in [0.15, 0.2) is 0 Å². The number of amides is 1. The number of nitrogens with zero attached hydrogens (tertiary/aromatic N) is 2. The molecule has 1 aromatic rings. The van der Waals surface area contributed by atoms with Crippen LogP contribution in [0.3, 0.4) is 0 Å². The minimum Gasteiger partial charge on any atom is -0.487 e. The Morgan fingerprint density at radius 2 is 1.93 bits per heavy atom. The fraction of sp³-hybridized carbons (Fsp3) is 0.647. The molecule has 1 fully saturated rings. The van der Waals surface area contributed by atoms with Crippen LogP contribution >= 0.6 is 0 Å². The number of likely N-dealkylation sites (tertiary alicyclic amines) is 1. The van der Waals surface area contributed by atoms with E-state index in [1.165, 1.54) is 4.90 Å². The van der Waals surface area contributed by atoms with Crippen molar-refractivity contribution < 1.29 is 36.2 Å². The van der Waals surface area contributed by atoms with Crippen molar-refractivity contribution in [3.05, 3.63) is 23.5 Å². The highest BCUT2D eigenvalue weighted by molar-refractivity contribution is 5.69. The normalized spacial score (nSPS) is 22.7. The Morgan fingerprint density at radius 1 is 1.26 bits per heavy atom. The van der Waals surface area contributed by atoms with E-state index >= 15 is 0 Å². The number of hydrogen-bond acceptors (Lipinski definition) is 4. The van der Waals surface area contributed by atoms with Gasteiger partial charge in [-0.25, -0.2) is 4.79 Å². The molecule has 27 heavy (non-hydrogen) atoms. The summed E-state index contributed by atoms with van der Waals surface area (Å²) < 4.78 is 75.9. The molecule has 3 rings (SSSR count). The smallest absolute Gasteiger partial charge is 0.459 e. The van der Waals surface area contributed by atoms with Gasteiger partial charge in [0.2, 0.25) is 0 Å². The van der Waals surface area contributed by atoms with Crippen LogP contribution in [0.15, 0.2) is 12.3 Å². The SMILES string of the molecule is CC(C)(C)OC(=O)N1CCC[C@@H]2Oc3cc(C(F)(F)C(F)(F)F)ncc3[C@@H]21. The molecule has 0 radical (unpaired) electrons. The van der Waals surface area contributed by atoms with E-state index in [-0.39, 0.29) is 5.75 Å². The summed E-state index contributed by atoms with van der Waals surface area (Å²) in [5, 5.41) is 0. The molecule has 0 aliphatic carbocycles. The Kier molecular flexibility index (Phi) is 4.51. The average Bonchev–Trinajstić information content (AvgIpc) is 2.89. The zero-order valence-corrected chi connectivity index (χ0v) is 14.9. The average molecular weight is 394 g/mol. The number of rotatable bonds is 1. The lowest BCUT2D eigenvalue weighted by Crippen LogP contribution is -2.46. The van der Waals surface area contributed by atoms with Gasteiger partial charge in [0.25, 0.3) is 0 Å². The summed E-state index contributed by atoms with van der Waals surface area (Å²) in [6, 6.07) is -0.0290. The molecule has 0 bridgehead atoms. The number of carbonyl (C=O) groups is 1. The minimum atomic E-state index is -5.76. The van der Waals surface area contributed by atoms with Crippen molar-refractivity contribution in [1.29, 1.82) is 0 Å². The van der Waals surface area contributed by atoms with Crippen molar-refractivity contribution in [2.24, 2.45) is 0 Å². The number of pyridine rings is 1.